The molecule has 3 aromatic carbocycles. The van der Waals surface area contributed by atoms with Gasteiger partial charge in [0, 0.05) is 29.7 Å². The Kier molecular flexibility index (Phi) is 5.77. The second-order valence-electron chi connectivity index (χ2n) is 9.99. The number of aryl methyl sites for hydroxylation is 1. The van der Waals surface area contributed by atoms with E-state index in [1.165, 1.54) is 11.3 Å². The van der Waals surface area contributed by atoms with Gasteiger partial charge in [0.1, 0.15) is 17.0 Å². The highest BCUT2D eigenvalue weighted by molar-refractivity contribution is 7.21. The Hall–Kier alpha value is -3.76. The number of Topliss-reactive ketones (excluding diaryl/α,β-unsaturated/α-hetero) is 1. The first-order valence-corrected chi connectivity index (χ1v) is 13.3. The molecule has 1 aliphatic heterocycles. The molecule has 9 heteroatoms. The van der Waals surface area contributed by atoms with Crippen LogP contribution in [0.25, 0.3) is 10.1 Å². The van der Waals surface area contributed by atoms with Crippen LogP contribution in [0.15, 0.2) is 60.7 Å². The van der Waals surface area contributed by atoms with E-state index < -0.39 is 23.5 Å². The zero-order valence-electron chi connectivity index (χ0n) is 20.8. The second-order valence-corrected chi connectivity index (χ2v) is 11.0. The molecule has 0 saturated carbocycles. The number of anilines is 1. The van der Waals surface area contributed by atoms with Crippen molar-refractivity contribution >= 4 is 38.8 Å². The third-order valence-corrected chi connectivity index (χ3v) is 8.80. The largest absolute Gasteiger partial charge is 0.457 e. The number of carbonyl (C=O) groups is 2. The number of hydrogen-bond acceptors (Lipinski definition) is 8. The summed E-state index contributed by atoms with van der Waals surface area (Å²) in [7, 11) is 0. The number of amides is 1. The van der Waals surface area contributed by atoms with E-state index in [-0.39, 0.29) is 12.5 Å². The molecule has 0 radical (unpaired) electrons. The Balaban J connectivity index is 1.49. The molecule has 1 aliphatic carbocycles. The van der Waals surface area contributed by atoms with Gasteiger partial charge in [0.15, 0.2) is 5.78 Å². The smallest absolute Gasteiger partial charge is 0.264 e. The maximum Gasteiger partial charge on any atom is 0.264 e. The zero-order chi connectivity index (χ0) is 26.8. The van der Waals surface area contributed by atoms with Gasteiger partial charge in [0.05, 0.1) is 21.7 Å². The van der Waals surface area contributed by atoms with Gasteiger partial charge >= 0.3 is 0 Å². The summed E-state index contributed by atoms with van der Waals surface area (Å²) in [5.74, 6) is 0.663. The lowest BCUT2D eigenvalue weighted by atomic mass is 9.69. The fraction of sp³-hybridized carbons (Fsp3) is 0.241. The van der Waals surface area contributed by atoms with Crippen molar-refractivity contribution in [2.24, 2.45) is 11.5 Å². The lowest BCUT2D eigenvalue weighted by Gasteiger charge is -2.37. The standard InChI is InChI=1S/C29H28N4O4S/c1-15-13-18(37-17-5-3-2-4-6-17)7-8-19(15)29(32)20-9-10-21(30)25-22(20)23(24(31)27(29)35)26(38-25)28(36)33-12-11-16(34)14-33/h2-10,13,16,24,34H,11-12,14,30-32H2,1H3. The van der Waals surface area contributed by atoms with E-state index in [2.05, 4.69) is 0 Å². The summed E-state index contributed by atoms with van der Waals surface area (Å²) in [4.78, 5) is 29.5. The number of nitrogens with two attached hydrogens (primary N) is 3. The van der Waals surface area contributed by atoms with Crippen molar-refractivity contribution in [3.8, 4) is 11.5 Å². The third kappa shape index (κ3) is 3.62. The molecule has 7 N–H and O–H groups in total. The zero-order valence-corrected chi connectivity index (χ0v) is 21.6. The molecular weight excluding hydrogens is 500 g/mol. The minimum Gasteiger partial charge on any atom is -0.457 e. The number of aliphatic hydroxyl groups is 1. The van der Waals surface area contributed by atoms with Crippen LogP contribution in [0.4, 0.5) is 5.69 Å². The highest BCUT2D eigenvalue weighted by Gasteiger charge is 2.49. The minimum absolute atomic E-state index is 0.246. The molecule has 0 spiro atoms. The number of likely N-dealkylation sites (tertiary alicyclic amines) is 1. The first-order valence-electron chi connectivity index (χ1n) is 12.5. The fourth-order valence-corrected chi connectivity index (χ4v) is 6.92. The fourth-order valence-electron chi connectivity index (χ4n) is 5.65. The van der Waals surface area contributed by atoms with Crippen molar-refractivity contribution in [1.29, 1.82) is 0 Å². The van der Waals surface area contributed by atoms with Gasteiger partial charge < -0.3 is 31.9 Å². The number of thiophene rings is 1. The monoisotopic (exact) mass is 528 g/mol. The number of aliphatic hydroxyl groups excluding tert-OH is 1. The van der Waals surface area contributed by atoms with Gasteiger partial charge in [0.25, 0.3) is 5.91 Å². The van der Waals surface area contributed by atoms with Crippen molar-refractivity contribution in [3.05, 3.63) is 87.8 Å². The van der Waals surface area contributed by atoms with Crippen LogP contribution >= 0.6 is 11.3 Å². The molecule has 1 aromatic heterocycles. The van der Waals surface area contributed by atoms with Crippen molar-refractivity contribution in [3.63, 3.8) is 0 Å². The number of carbonyl (C=O) groups excluding carboxylic acids is 2. The quantitative estimate of drug-likeness (QED) is 0.296. The van der Waals surface area contributed by atoms with E-state index >= 15 is 0 Å². The molecule has 6 rings (SSSR count). The number of nitrogen functional groups attached to an aromatic ring is 1. The Morgan fingerprint density at radius 2 is 1.84 bits per heavy atom. The van der Waals surface area contributed by atoms with Crippen LogP contribution < -0.4 is 21.9 Å². The van der Waals surface area contributed by atoms with Crippen molar-refractivity contribution < 1.29 is 19.4 Å². The van der Waals surface area contributed by atoms with Gasteiger partial charge in [-0.2, -0.15) is 0 Å². The SMILES string of the molecule is Cc1cc(Oc2ccccc2)ccc1C1(N)C(=O)C(N)c2c(C(=O)N3CCC(O)C3)sc3c(N)ccc1c23. The van der Waals surface area contributed by atoms with Crippen LogP contribution in [0.3, 0.4) is 0 Å². The molecule has 3 atom stereocenters. The number of ketones is 1. The average molecular weight is 529 g/mol. The molecule has 194 valence electrons. The first kappa shape index (κ1) is 24.6. The van der Waals surface area contributed by atoms with Gasteiger partial charge in [-0.3, -0.25) is 9.59 Å². The number of benzene rings is 3. The molecule has 1 amide bonds. The average Bonchev–Trinajstić information content (AvgIpc) is 3.52. The first-order chi connectivity index (χ1) is 18.2. The summed E-state index contributed by atoms with van der Waals surface area (Å²) < 4.78 is 6.65. The predicted molar refractivity (Wildman–Crippen MR) is 147 cm³/mol. The molecule has 8 nitrogen and oxygen atoms in total. The Bertz CT molecular complexity index is 1600. The highest BCUT2D eigenvalue weighted by Crippen LogP contribution is 2.50. The lowest BCUT2D eigenvalue weighted by Crippen LogP contribution is -2.53. The van der Waals surface area contributed by atoms with Crippen molar-refractivity contribution in [2.75, 3.05) is 18.8 Å². The maximum atomic E-state index is 14.0. The summed E-state index contributed by atoms with van der Waals surface area (Å²) in [6, 6.07) is 17.2. The highest BCUT2D eigenvalue weighted by atomic mass is 32.1. The van der Waals surface area contributed by atoms with Crippen LogP contribution in [-0.2, 0) is 10.3 Å². The summed E-state index contributed by atoms with van der Waals surface area (Å²) in [6.07, 6.45) is -0.0476. The van der Waals surface area contributed by atoms with Gasteiger partial charge in [-0.15, -0.1) is 11.3 Å². The molecule has 3 unspecified atom stereocenters. The molecule has 2 aliphatic rings. The summed E-state index contributed by atoms with van der Waals surface area (Å²) in [5, 5.41) is 10.6. The van der Waals surface area contributed by atoms with E-state index in [1.54, 1.807) is 29.2 Å². The Labute approximate surface area is 223 Å². The molecular formula is C29H28N4O4S. The second kappa shape index (κ2) is 8.92. The number of hydrogen-bond donors (Lipinski definition) is 4. The third-order valence-electron chi connectivity index (χ3n) is 7.56. The summed E-state index contributed by atoms with van der Waals surface area (Å²) in [5.41, 5.74) is 21.3. The van der Waals surface area contributed by atoms with E-state index in [9.17, 15) is 14.7 Å². The number of rotatable bonds is 4. The van der Waals surface area contributed by atoms with E-state index in [0.717, 1.165) is 5.56 Å². The van der Waals surface area contributed by atoms with Crippen molar-refractivity contribution in [1.82, 2.24) is 4.90 Å². The van der Waals surface area contributed by atoms with Gasteiger partial charge in [-0.25, -0.2) is 0 Å². The summed E-state index contributed by atoms with van der Waals surface area (Å²) >= 11 is 1.23. The Morgan fingerprint density at radius 3 is 2.53 bits per heavy atom. The van der Waals surface area contributed by atoms with Crippen molar-refractivity contribution in [2.45, 2.75) is 31.0 Å². The molecule has 2 heterocycles. The molecule has 1 fully saturated rings. The van der Waals surface area contributed by atoms with Crippen LogP contribution in [0.1, 0.15) is 44.4 Å². The topological polar surface area (TPSA) is 145 Å². The minimum atomic E-state index is -1.54. The number of para-hydroxylation sites is 1. The van der Waals surface area contributed by atoms with Crippen LogP contribution in [0, 0.1) is 6.92 Å². The number of β-amino-alcohol motifs (C(OH)–C–C–N with tert-alkyl or cyclic N) is 1. The van der Waals surface area contributed by atoms with Gasteiger partial charge in [0.2, 0.25) is 0 Å². The summed E-state index contributed by atoms with van der Waals surface area (Å²) in [6.45, 7) is 2.57. The predicted octanol–water partition coefficient (Wildman–Crippen LogP) is 3.58. The number of ether oxygens (including phenoxy) is 1. The normalized spacial score (nSPS) is 22.7. The molecule has 38 heavy (non-hydrogen) atoms. The lowest BCUT2D eigenvalue weighted by molar-refractivity contribution is -0.124. The molecule has 4 aromatic rings. The van der Waals surface area contributed by atoms with E-state index in [0.29, 0.717) is 61.8 Å². The Morgan fingerprint density at radius 1 is 1.11 bits per heavy atom. The van der Waals surface area contributed by atoms with Crippen LogP contribution in [-0.4, -0.2) is 40.9 Å². The molecule has 0 bridgehead atoms. The number of nitrogens with zero attached hydrogens (tertiary/aromatic N) is 1. The molecule has 1 saturated heterocycles. The van der Waals surface area contributed by atoms with Crippen LogP contribution in [0.5, 0.6) is 11.5 Å². The van der Waals surface area contributed by atoms with Gasteiger partial charge in [-0.1, -0.05) is 30.3 Å². The van der Waals surface area contributed by atoms with Gasteiger partial charge in [-0.05, 0) is 60.4 Å². The maximum absolute atomic E-state index is 14.0. The van der Waals surface area contributed by atoms with E-state index in [4.69, 9.17) is 21.9 Å². The van der Waals surface area contributed by atoms with Crippen LogP contribution in [0.2, 0.25) is 0 Å². The van der Waals surface area contributed by atoms with E-state index in [1.807, 2.05) is 43.3 Å².